The van der Waals surface area contributed by atoms with Crippen LogP contribution in [0.1, 0.15) is 24.1 Å². The molecular formula is C19H18BrN3O2. The maximum absolute atomic E-state index is 11.1. The number of carboxylic acids is 1. The van der Waals surface area contributed by atoms with E-state index in [1.165, 1.54) is 0 Å². The van der Waals surface area contributed by atoms with Gasteiger partial charge in [-0.1, -0.05) is 46.3 Å². The highest BCUT2D eigenvalue weighted by atomic mass is 79.9. The molecule has 3 rings (SSSR count). The van der Waals surface area contributed by atoms with Crippen LogP contribution in [-0.4, -0.2) is 16.1 Å². The first kappa shape index (κ1) is 17.2. The molecule has 6 heteroatoms. The van der Waals surface area contributed by atoms with Crippen LogP contribution in [0.15, 0.2) is 53.1 Å². The van der Waals surface area contributed by atoms with Gasteiger partial charge in [0.1, 0.15) is 0 Å². The third kappa shape index (κ3) is 3.74. The maximum Gasteiger partial charge on any atom is 0.307 e. The number of carbonyl (C=O) groups is 1. The summed E-state index contributed by atoms with van der Waals surface area (Å²) in [6.45, 7) is 2.05. The van der Waals surface area contributed by atoms with Crippen molar-refractivity contribution in [3.05, 3.63) is 64.3 Å². The molecule has 1 atom stereocenters. The van der Waals surface area contributed by atoms with Crippen molar-refractivity contribution in [2.45, 2.75) is 19.4 Å². The predicted molar refractivity (Wildman–Crippen MR) is 104 cm³/mol. The van der Waals surface area contributed by atoms with Crippen LogP contribution in [0.5, 0.6) is 0 Å². The lowest BCUT2D eigenvalue weighted by Crippen LogP contribution is -2.09. The number of nitrogen functional groups attached to an aromatic ring is 1. The van der Waals surface area contributed by atoms with Crippen molar-refractivity contribution in [1.29, 1.82) is 0 Å². The highest BCUT2D eigenvalue weighted by Gasteiger charge is 2.14. The molecule has 0 saturated carbocycles. The fraction of sp³-hybridized carbons (Fsp3) is 0.158. The van der Waals surface area contributed by atoms with Crippen molar-refractivity contribution in [1.82, 2.24) is 4.98 Å². The van der Waals surface area contributed by atoms with Crippen molar-refractivity contribution in [2.75, 3.05) is 11.1 Å². The van der Waals surface area contributed by atoms with Crippen LogP contribution in [0.2, 0.25) is 0 Å². The van der Waals surface area contributed by atoms with Gasteiger partial charge in [-0.25, -0.2) is 0 Å². The highest BCUT2D eigenvalue weighted by molar-refractivity contribution is 9.10. The van der Waals surface area contributed by atoms with Crippen molar-refractivity contribution >= 4 is 44.2 Å². The number of fused-ring (bicyclic) bond motifs is 1. The first-order valence-electron chi connectivity index (χ1n) is 7.85. The largest absolute Gasteiger partial charge is 0.481 e. The monoisotopic (exact) mass is 399 g/mol. The first-order chi connectivity index (χ1) is 12.0. The molecule has 128 valence electrons. The predicted octanol–water partition coefficient (Wildman–Crippen LogP) is 4.38. The van der Waals surface area contributed by atoms with E-state index in [0.29, 0.717) is 11.3 Å². The van der Waals surface area contributed by atoms with Gasteiger partial charge in [0.05, 0.1) is 29.5 Å². The fourth-order valence-electron chi connectivity index (χ4n) is 2.77. The Kier molecular flexibility index (Phi) is 4.90. The zero-order chi connectivity index (χ0) is 18.0. The molecule has 0 amide bonds. The Balaban J connectivity index is 2.06. The molecule has 0 saturated heterocycles. The molecule has 0 spiro atoms. The van der Waals surface area contributed by atoms with E-state index in [1.54, 1.807) is 6.20 Å². The van der Waals surface area contributed by atoms with E-state index in [-0.39, 0.29) is 12.5 Å². The number of pyridine rings is 1. The summed E-state index contributed by atoms with van der Waals surface area (Å²) < 4.78 is 0.724. The lowest BCUT2D eigenvalue weighted by molar-refractivity contribution is -0.136. The van der Waals surface area contributed by atoms with E-state index in [9.17, 15) is 4.79 Å². The van der Waals surface area contributed by atoms with Crippen molar-refractivity contribution < 1.29 is 9.90 Å². The number of nitrogens with two attached hydrogens (primary N) is 1. The molecule has 0 bridgehead atoms. The number of aliphatic carboxylic acids is 1. The Morgan fingerprint density at radius 1 is 1.32 bits per heavy atom. The third-order valence-electron chi connectivity index (χ3n) is 4.07. The number of nitrogens with zero attached hydrogens (tertiary/aromatic N) is 1. The number of anilines is 2. The van der Waals surface area contributed by atoms with E-state index in [0.717, 1.165) is 26.6 Å². The van der Waals surface area contributed by atoms with Gasteiger partial charge in [0.25, 0.3) is 0 Å². The fourth-order valence-corrected chi connectivity index (χ4v) is 3.25. The average molecular weight is 400 g/mol. The standard InChI is InChI=1S/C19H18BrN3O2/c1-11(12-5-3-2-4-6-12)23-19-14-7-13(8-18(24)25)15(20)9-17(14)22-10-16(19)21/h2-7,9-11H,8,21H2,1H3,(H,22,23)(H,24,25). The summed E-state index contributed by atoms with van der Waals surface area (Å²) in [5.74, 6) is -0.885. The highest BCUT2D eigenvalue weighted by Crippen LogP contribution is 2.34. The Hall–Kier alpha value is -2.60. The zero-order valence-corrected chi connectivity index (χ0v) is 15.2. The third-order valence-corrected chi connectivity index (χ3v) is 4.81. The number of benzene rings is 2. The second kappa shape index (κ2) is 7.11. The van der Waals surface area contributed by atoms with Gasteiger partial charge in [0.2, 0.25) is 0 Å². The topological polar surface area (TPSA) is 88.2 Å². The second-order valence-electron chi connectivity index (χ2n) is 5.90. The Morgan fingerprint density at radius 3 is 2.72 bits per heavy atom. The number of halogens is 1. The number of hydrogen-bond donors (Lipinski definition) is 3. The molecule has 1 unspecified atom stereocenters. The van der Waals surface area contributed by atoms with Gasteiger partial charge >= 0.3 is 5.97 Å². The van der Waals surface area contributed by atoms with Gasteiger partial charge in [-0.15, -0.1) is 0 Å². The Morgan fingerprint density at radius 2 is 2.04 bits per heavy atom. The van der Waals surface area contributed by atoms with Gasteiger partial charge in [0, 0.05) is 15.9 Å². The van der Waals surface area contributed by atoms with Gasteiger partial charge in [-0.3, -0.25) is 9.78 Å². The minimum atomic E-state index is -0.885. The average Bonchev–Trinajstić information content (AvgIpc) is 2.59. The van der Waals surface area contributed by atoms with Gasteiger partial charge < -0.3 is 16.2 Å². The van der Waals surface area contributed by atoms with Crippen LogP contribution in [-0.2, 0) is 11.2 Å². The number of aromatic nitrogens is 1. The SMILES string of the molecule is CC(Nc1c(N)cnc2cc(Br)c(CC(=O)O)cc12)c1ccccc1. The van der Waals surface area contributed by atoms with E-state index in [4.69, 9.17) is 10.8 Å². The molecule has 2 aromatic carbocycles. The lowest BCUT2D eigenvalue weighted by atomic mass is 10.0. The number of hydrogen-bond acceptors (Lipinski definition) is 4. The minimum Gasteiger partial charge on any atom is -0.481 e. The molecule has 4 N–H and O–H groups in total. The van der Waals surface area contributed by atoms with Crippen LogP contribution >= 0.6 is 15.9 Å². The van der Waals surface area contributed by atoms with Crippen LogP contribution in [0.3, 0.4) is 0 Å². The summed E-state index contributed by atoms with van der Waals surface area (Å²) in [5, 5.41) is 13.4. The molecule has 0 radical (unpaired) electrons. The summed E-state index contributed by atoms with van der Waals surface area (Å²) in [5.41, 5.74) is 10.0. The number of carboxylic acid groups (broad SMARTS) is 1. The summed E-state index contributed by atoms with van der Waals surface area (Å²) in [7, 11) is 0. The molecule has 1 heterocycles. The molecule has 3 aromatic rings. The molecule has 0 aliphatic carbocycles. The van der Waals surface area contributed by atoms with Crippen LogP contribution in [0.4, 0.5) is 11.4 Å². The summed E-state index contributed by atoms with van der Waals surface area (Å²) in [6, 6.07) is 13.7. The number of rotatable bonds is 5. The zero-order valence-electron chi connectivity index (χ0n) is 13.7. The summed E-state index contributed by atoms with van der Waals surface area (Å²) in [6.07, 6.45) is 1.55. The first-order valence-corrected chi connectivity index (χ1v) is 8.65. The summed E-state index contributed by atoms with van der Waals surface area (Å²) >= 11 is 3.42. The quantitative estimate of drug-likeness (QED) is 0.592. The van der Waals surface area contributed by atoms with Crippen LogP contribution < -0.4 is 11.1 Å². The van der Waals surface area contributed by atoms with E-state index < -0.39 is 5.97 Å². The van der Waals surface area contributed by atoms with Gasteiger partial charge in [0.15, 0.2) is 0 Å². The Bertz CT molecular complexity index is 929. The second-order valence-corrected chi connectivity index (χ2v) is 6.75. The molecule has 0 aliphatic rings. The molecule has 5 nitrogen and oxygen atoms in total. The smallest absolute Gasteiger partial charge is 0.307 e. The molecule has 25 heavy (non-hydrogen) atoms. The van der Waals surface area contributed by atoms with Crippen LogP contribution in [0, 0.1) is 0 Å². The van der Waals surface area contributed by atoms with Crippen LogP contribution in [0.25, 0.3) is 10.9 Å². The molecule has 1 aromatic heterocycles. The minimum absolute atomic E-state index is 0.0423. The molecule has 0 fully saturated rings. The van der Waals surface area contributed by atoms with Crippen molar-refractivity contribution in [3.63, 3.8) is 0 Å². The van der Waals surface area contributed by atoms with E-state index in [2.05, 4.69) is 33.2 Å². The molecular weight excluding hydrogens is 382 g/mol. The molecule has 0 aliphatic heterocycles. The summed E-state index contributed by atoms with van der Waals surface area (Å²) in [4.78, 5) is 15.5. The number of nitrogens with one attached hydrogen (secondary N) is 1. The van der Waals surface area contributed by atoms with E-state index in [1.807, 2.05) is 42.5 Å². The van der Waals surface area contributed by atoms with Crippen molar-refractivity contribution in [3.8, 4) is 0 Å². The normalized spacial score (nSPS) is 12.1. The van der Waals surface area contributed by atoms with Gasteiger partial charge in [-0.05, 0) is 30.2 Å². The van der Waals surface area contributed by atoms with E-state index >= 15 is 0 Å². The van der Waals surface area contributed by atoms with Crippen molar-refractivity contribution in [2.24, 2.45) is 0 Å². The Labute approximate surface area is 154 Å². The lowest BCUT2D eigenvalue weighted by Gasteiger charge is -2.19. The maximum atomic E-state index is 11.1. The van der Waals surface area contributed by atoms with Gasteiger partial charge in [-0.2, -0.15) is 0 Å².